The maximum atomic E-state index is 13.0. The summed E-state index contributed by atoms with van der Waals surface area (Å²) in [5.74, 6) is -1.92. The predicted octanol–water partition coefficient (Wildman–Crippen LogP) is 1.45. The molecule has 0 spiro atoms. The molecule has 1 atom stereocenters. The molecule has 5 heteroatoms. The molecule has 1 aromatic rings. The number of hydrogen-bond donors (Lipinski definition) is 1. The number of aliphatic hydroxyl groups excluding tert-OH is 1. The van der Waals surface area contributed by atoms with Crippen LogP contribution in [0.25, 0.3) is 0 Å². The minimum absolute atomic E-state index is 0.0989. The Morgan fingerprint density at radius 3 is 2.62 bits per heavy atom. The molecule has 1 N–H and O–H groups in total. The molecule has 86 valence electrons. The second-order valence-electron chi connectivity index (χ2n) is 3.41. The van der Waals surface area contributed by atoms with Crippen LogP contribution in [0.1, 0.15) is 11.6 Å². The number of rotatable bonds is 4. The second-order valence-corrected chi connectivity index (χ2v) is 3.41. The molecule has 0 fully saturated rings. The number of nitriles is 1. The van der Waals surface area contributed by atoms with Crippen molar-refractivity contribution in [3.63, 3.8) is 0 Å². The van der Waals surface area contributed by atoms with Gasteiger partial charge >= 0.3 is 0 Å². The fraction of sp³-hybridized carbons (Fsp3) is 0.364. The van der Waals surface area contributed by atoms with Crippen LogP contribution in [0.4, 0.5) is 8.78 Å². The topological polar surface area (TPSA) is 47.3 Å². The van der Waals surface area contributed by atoms with E-state index < -0.39 is 17.7 Å². The highest BCUT2D eigenvalue weighted by molar-refractivity contribution is 5.25. The Morgan fingerprint density at radius 2 is 2.12 bits per heavy atom. The largest absolute Gasteiger partial charge is 0.395 e. The van der Waals surface area contributed by atoms with Gasteiger partial charge in [-0.15, -0.1) is 0 Å². The fourth-order valence-corrected chi connectivity index (χ4v) is 1.40. The second kappa shape index (κ2) is 5.54. The van der Waals surface area contributed by atoms with E-state index >= 15 is 0 Å². The van der Waals surface area contributed by atoms with Crippen LogP contribution in [0.15, 0.2) is 18.2 Å². The summed E-state index contributed by atoms with van der Waals surface area (Å²) in [6.45, 7) is 0.190. The Balaban J connectivity index is 2.96. The van der Waals surface area contributed by atoms with Crippen molar-refractivity contribution in [1.82, 2.24) is 4.90 Å². The average molecular weight is 226 g/mol. The molecule has 3 nitrogen and oxygen atoms in total. The smallest absolute Gasteiger partial charge is 0.159 e. The van der Waals surface area contributed by atoms with E-state index in [1.165, 1.54) is 6.07 Å². The molecule has 0 aliphatic rings. The van der Waals surface area contributed by atoms with Gasteiger partial charge in [0.25, 0.3) is 0 Å². The molecule has 1 aromatic carbocycles. The molecule has 1 rings (SSSR count). The third-order valence-electron chi connectivity index (χ3n) is 2.28. The van der Waals surface area contributed by atoms with Gasteiger partial charge in [0, 0.05) is 6.54 Å². The molecule has 0 heterocycles. The zero-order chi connectivity index (χ0) is 12.1. The van der Waals surface area contributed by atoms with Crippen molar-refractivity contribution in [2.75, 3.05) is 20.2 Å². The van der Waals surface area contributed by atoms with E-state index in [0.717, 1.165) is 12.1 Å². The van der Waals surface area contributed by atoms with E-state index in [-0.39, 0.29) is 13.2 Å². The number of nitrogens with zero attached hydrogens (tertiary/aromatic N) is 2. The Bertz CT molecular complexity index is 403. The highest BCUT2D eigenvalue weighted by Gasteiger charge is 2.17. The predicted molar refractivity (Wildman–Crippen MR) is 54.4 cm³/mol. The van der Waals surface area contributed by atoms with Crippen LogP contribution >= 0.6 is 0 Å². The highest BCUT2D eigenvalue weighted by Crippen LogP contribution is 2.20. The van der Waals surface area contributed by atoms with E-state index in [4.69, 9.17) is 10.4 Å². The Hall–Kier alpha value is -1.51. The van der Waals surface area contributed by atoms with Crippen molar-refractivity contribution < 1.29 is 13.9 Å². The van der Waals surface area contributed by atoms with Gasteiger partial charge in [0.05, 0.1) is 12.7 Å². The molecule has 0 bridgehead atoms. The number of aliphatic hydroxyl groups is 1. The van der Waals surface area contributed by atoms with E-state index in [2.05, 4.69) is 0 Å². The maximum absolute atomic E-state index is 13.0. The monoisotopic (exact) mass is 226 g/mol. The fourth-order valence-electron chi connectivity index (χ4n) is 1.40. The van der Waals surface area contributed by atoms with Gasteiger partial charge in [-0.2, -0.15) is 5.26 Å². The van der Waals surface area contributed by atoms with Crippen molar-refractivity contribution in [1.29, 1.82) is 5.26 Å². The van der Waals surface area contributed by atoms with Crippen LogP contribution in [0.5, 0.6) is 0 Å². The molecular weight excluding hydrogens is 214 g/mol. The van der Waals surface area contributed by atoms with Gasteiger partial charge < -0.3 is 5.11 Å². The summed E-state index contributed by atoms with van der Waals surface area (Å²) in [5.41, 5.74) is 0.373. The first-order valence-electron chi connectivity index (χ1n) is 4.75. The van der Waals surface area contributed by atoms with Crippen molar-refractivity contribution >= 4 is 0 Å². The molecule has 0 radical (unpaired) electrons. The summed E-state index contributed by atoms with van der Waals surface area (Å²) in [6, 6.07) is 4.63. The van der Waals surface area contributed by atoms with Crippen LogP contribution in [0.2, 0.25) is 0 Å². The standard InChI is InChI=1S/C11H12F2N2O/c1-15(4-5-16)11(7-14)8-2-3-9(12)10(13)6-8/h2-3,6,11,16H,4-5H2,1H3. The Labute approximate surface area is 92.5 Å². The van der Waals surface area contributed by atoms with Gasteiger partial charge in [-0.25, -0.2) is 8.78 Å². The minimum Gasteiger partial charge on any atom is -0.395 e. The zero-order valence-electron chi connectivity index (χ0n) is 8.82. The van der Waals surface area contributed by atoms with E-state index in [9.17, 15) is 8.78 Å². The van der Waals surface area contributed by atoms with Crippen LogP contribution in [-0.4, -0.2) is 30.2 Å². The molecule has 1 unspecified atom stereocenters. The summed E-state index contributed by atoms with van der Waals surface area (Å²) in [7, 11) is 1.63. The molecule has 0 saturated heterocycles. The molecule has 0 amide bonds. The van der Waals surface area contributed by atoms with Crippen molar-refractivity contribution in [3.8, 4) is 6.07 Å². The number of hydrogen-bond acceptors (Lipinski definition) is 3. The molecule has 0 aromatic heterocycles. The van der Waals surface area contributed by atoms with Gasteiger partial charge in [0.15, 0.2) is 11.6 Å². The quantitative estimate of drug-likeness (QED) is 0.845. The van der Waals surface area contributed by atoms with Crippen LogP contribution in [0.3, 0.4) is 0 Å². The van der Waals surface area contributed by atoms with Crippen molar-refractivity contribution in [3.05, 3.63) is 35.4 Å². The van der Waals surface area contributed by atoms with Gasteiger partial charge in [-0.3, -0.25) is 4.90 Å². The normalized spacial score (nSPS) is 12.5. The van der Waals surface area contributed by atoms with E-state index in [1.807, 2.05) is 6.07 Å². The minimum atomic E-state index is -0.977. The molecule has 16 heavy (non-hydrogen) atoms. The van der Waals surface area contributed by atoms with Gasteiger partial charge in [0.2, 0.25) is 0 Å². The first-order chi connectivity index (χ1) is 7.60. The third-order valence-corrected chi connectivity index (χ3v) is 2.28. The van der Waals surface area contributed by atoms with Gasteiger partial charge in [0.1, 0.15) is 6.04 Å². The lowest BCUT2D eigenvalue weighted by Crippen LogP contribution is -2.26. The lowest BCUT2D eigenvalue weighted by Gasteiger charge is -2.21. The van der Waals surface area contributed by atoms with Crippen molar-refractivity contribution in [2.24, 2.45) is 0 Å². The molecule has 0 aliphatic heterocycles. The van der Waals surface area contributed by atoms with Gasteiger partial charge in [-0.05, 0) is 24.7 Å². The number of likely N-dealkylation sites (N-methyl/N-ethyl adjacent to an activating group) is 1. The first-order valence-corrected chi connectivity index (χ1v) is 4.75. The SMILES string of the molecule is CN(CCO)C(C#N)c1ccc(F)c(F)c1. The summed E-state index contributed by atoms with van der Waals surface area (Å²) in [5, 5.41) is 17.7. The summed E-state index contributed by atoms with van der Waals surface area (Å²) in [6.07, 6.45) is 0. The first kappa shape index (κ1) is 12.6. The summed E-state index contributed by atoms with van der Waals surface area (Å²) >= 11 is 0. The van der Waals surface area contributed by atoms with E-state index in [0.29, 0.717) is 5.56 Å². The van der Waals surface area contributed by atoms with Crippen LogP contribution in [-0.2, 0) is 0 Å². The van der Waals surface area contributed by atoms with E-state index in [1.54, 1.807) is 11.9 Å². The summed E-state index contributed by atoms with van der Waals surface area (Å²) < 4.78 is 25.7. The molecule has 0 aliphatic carbocycles. The molecular formula is C11H12F2N2O. The maximum Gasteiger partial charge on any atom is 0.159 e. The van der Waals surface area contributed by atoms with Crippen LogP contribution < -0.4 is 0 Å². The zero-order valence-corrected chi connectivity index (χ0v) is 8.82. The highest BCUT2D eigenvalue weighted by atomic mass is 19.2. The van der Waals surface area contributed by atoms with Crippen molar-refractivity contribution in [2.45, 2.75) is 6.04 Å². The molecule has 0 saturated carbocycles. The van der Waals surface area contributed by atoms with Gasteiger partial charge in [-0.1, -0.05) is 6.07 Å². The Morgan fingerprint density at radius 1 is 1.44 bits per heavy atom. The van der Waals surface area contributed by atoms with Crippen LogP contribution in [0, 0.1) is 23.0 Å². The summed E-state index contributed by atoms with van der Waals surface area (Å²) in [4.78, 5) is 1.56. The Kier molecular flexibility index (Phi) is 4.35. The number of benzene rings is 1. The lowest BCUT2D eigenvalue weighted by atomic mass is 10.1. The average Bonchev–Trinajstić information content (AvgIpc) is 2.25. The number of halogens is 2. The lowest BCUT2D eigenvalue weighted by molar-refractivity contribution is 0.202. The third kappa shape index (κ3) is 2.75.